The van der Waals surface area contributed by atoms with Crippen molar-refractivity contribution in [2.24, 2.45) is 5.73 Å². The van der Waals surface area contributed by atoms with Gasteiger partial charge in [0, 0.05) is 16.0 Å². The molecule has 33 heavy (non-hydrogen) atoms. The van der Waals surface area contributed by atoms with E-state index < -0.39 is 11.9 Å². The molecule has 0 aliphatic rings. The predicted octanol–water partition coefficient (Wildman–Crippen LogP) is 5.18. The number of ether oxygens (including phenoxy) is 1. The minimum Gasteiger partial charge on any atom is -0.494 e. The van der Waals surface area contributed by atoms with E-state index in [9.17, 15) is 9.59 Å². The van der Waals surface area contributed by atoms with Gasteiger partial charge in [-0.2, -0.15) is 0 Å². The van der Waals surface area contributed by atoms with Crippen molar-refractivity contribution in [3.63, 3.8) is 0 Å². The summed E-state index contributed by atoms with van der Waals surface area (Å²) in [7, 11) is 0. The van der Waals surface area contributed by atoms with Crippen LogP contribution in [0.5, 0.6) is 5.75 Å². The fourth-order valence-corrected chi connectivity index (χ4v) is 3.55. The van der Waals surface area contributed by atoms with Crippen LogP contribution in [0.4, 0.5) is 10.5 Å². The van der Waals surface area contributed by atoms with Crippen LogP contribution in [0.1, 0.15) is 17.3 Å². The number of para-hydroxylation sites is 1. The summed E-state index contributed by atoms with van der Waals surface area (Å²) in [5.74, 6) is 0.197. The number of aromatic nitrogens is 1. The largest absolute Gasteiger partial charge is 0.494 e. The minimum atomic E-state index is -0.839. The molecule has 0 aliphatic carbocycles. The monoisotopic (exact) mass is 460 g/mol. The van der Waals surface area contributed by atoms with Gasteiger partial charge in [0.15, 0.2) is 0 Å². The molecule has 3 aromatic carbocycles. The van der Waals surface area contributed by atoms with Gasteiger partial charge in [-0.1, -0.05) is 41.9 Å². The molecule has 0 saturated heterocycles. The Morgan fingerprint density at radius 1 is 1.03 bits per heavy atom. The zero-order valence-corrected chi connectivity index (χ0v) is 18.5. The lowest BCUT2D eigenvalue weighted by molar-refractivity contribution is 0.0952. The van der Waals surface area contributed by atoms with Gasteiger partial charge in [-0.25, -0.2) is 14.8 Å². The number of anilines is 1. The summed E-state index contributed by atoms with van der Waals surface area (Å²) in [4.78, 5) is 30.1. The number of primary amides is 1. The molecule has 3 N–H and O–H groups in total. The molecule has 0 radical (unpaired) electrons. The Morgan fingerprint density at radius 2 is 1.79 bits per heavy atom. The van der Waals surface area contributed by atoms with Gasteiger partial charge in [-0.3, -0.25) is 10.2 Å². The van der Waals surface area contributed by atoms with E-state index in [4.69, 9.17) is 27.1 Å². The van der Waals surface area contributed by atoms with E-state index >= 15 is 0 Å². The molecular formula is C25H21ClN4O3. The molecule has 0 aliphatic heterocycles. The van der Waals surface area contributed by atoms with E-state index in [-0.39, 0.29) is 0 Å². The summed E-state index contributed by atoms with van der Waals surface area (Å²) < 4.78 is 5.60. The van der Waals surface area contributed by atoms with Crippen LogP contribution < -0.4 is 20.9 Å². The van der Waals surface area contributed by atoms with Crippen LogP contribution in [0, 0.1) is 0 Å². The van der Waals surface area contributed by atoms with E-state index in [2.05, 4.69) is 5.43 Å². The third-order valence-electron chi connectivity index (χ3n) is 4.92. The first-order chi connectivity index (χ1) is 16.0. The lowest BCUT2D eigenvalue weighted by atomic mass is 10.0. The van der Waals surface area contributed by atoms with Crippen LogP contribution >= 0.6 is 11.6 Å². The summed E-state index contributed by atoms with van der Waals surface area (Å²) in [5.41, 5.74) is 10.9. The molecule has 0 saturated carbocycles. The second-order valence-electron chi connectivity index (χ2n) is 7.12. The number of urea groups is 1. The van der Waals surface area contributed by atoms with Crippen molar-refractivity contribution in [3.05, 3.63) is 89.4 Å². The maximum absolute atomic E-state index is 13.3. The van der Waals surface area contributed by atoms with E-state index in [1.165, 1.54) is 0 Å². The fourth-order valence-electron chi connectivity index (χ4n) is 3.42. The molecule has 0 bridgehead atoms. The number of fused-ring (bicyclic) bond motifs is 1. The van der Waals surface area contributed by atoms with Crippen LogP contribution in [0.3, 0.4) is 0 Å². The topological polar surface area (TPSA) is 97.5 Å². The number of rotatable bonds is 5. The van der Waals surface area contributed by atoms with Crippen molar-refractivity contribution >= 4 is 40.1 Å². The van der Waals surface area contributed by atoms with Crippen molar-refractivity contribution in [2.45, 2.75) is 6.92 Å². The van der Waals surface area contributed by atoms with Crippen LogP contribution in [0.2, 0.25) is 5.02 Å². The van der Waals surface area contributed by atoms with E-state index in [1.807, 2.05) is 49.4 Å². The molecule has 0 atom stereocenters. The highest BCUT2D eigenvalue weighted by Crippen LogP contribution is 2.27. The van der Waals surface area contributed by atoms with E-state index in [0.717, 1.165) is 10.6 Å². The second-order valence-corrected chi connectivity index (χ2v) is 7.56. The van der Waals surface area contributed by atoms with Crippen molar-refractivity contribution in [1.29, 1.82) is 0 Å². The second kappa shape index (κ2) is 9.58. The van der Waals surface area contributed by atoms with Crippen LogP contribution in [-0.2, 0) is 0 Å². The van der Waals surface area contributed by atoms with Gasteiger partial charge in [-0.05, 0) is 55.5 Å². The van der Waals surface area contributed by atoms with Gasteiger partial charge in [0.1, 0.15) is 5.75 Å². The SMILES string of the molecule is CCOc1cccc(-c2cc(C(=O)NN(C(N)=O)c3ccc(Cl)cc3)c3ccccc3n2)c1. The summed E-state index contributed by atoms with van der Waals surface area (Å²) >= 11 is 5.93. The first-order valence-corrected chi connectivity index (χ1v) is 10.6. The number of hydrogen-bond acceptors (Lipinski definition) is 4. The molecule has 1 heterocycles. The number of halogens is 1. The Hall–Kier alpha value is -4.10. The number of nitrogens with two attached hydrogens (primary N) is 1. The molecule has 166 valence electrons. The fraction of sp³-hybridized carbons (Fsp3) is 0.0800. The summed E-state index contributed by atoms with van der Waals surface area (Å²) in [6, 6.07) is 22.0. The molecule has 7 nitrogen and oxygen atoms in total. The maximum Gasteiger partial charge on any atom is 0.338 e. The molecule has 3 amide bonds. The Labute approximate surface area is 195 Å². The lowest BCUT2D eigenvalue weighted by Gasteiger charge is -2.22. The van der Waals surface area contributed by atoms with Gasteiger partial charge >= 0.3 is 6.03 Å². The van der Waals surface area contributed by atoms with Crippen molar-refractivity contribution in [2.75, 3.05) is 11.6 Å². The highest BCUT2D eigenvalue weighted by molar-refractivity contribution is 6.30. The molecule has 0 fully saturated rings. The maximum atomic E-state index is 13.3. The molecule has 4 aromatic rings. The molecule has 0 spiro atoms. The number of nitrogens with one attached hydrogen (secondary N) is 1. The summed E-state index contributed by atoms with van der Waals surface area (Å²) in [6.07, 6.45) is 0. The Morgan fingerprint density at radius 3 is 2.52 bits per heavy atom. The number of carbonyl (C=O) groups excluding carboxylic acids is 2. The normalized spacial score (nSPS) is 10.6. The Bertz CT molecular complexity index is 1330. The van der Waals surface area contributed by atoms with Crippen molar-refractivity contribution in [3.8, 4) is 17.0 Å². The van der Waals surface area contributed by atoms with E-state index in [1.54, 1.807) is 36.4 Å². The number of pyridine rings is 1. The van der Waals surface area contributed by atoms with Gasteiger partial charge in [0.2, 0.25) is 0 Å². The highest BCUT2D eigenvalue weighted by atomic mass is 35.5. The highest BCUT2D eigenvalue weighted by Gasteiger charge is 2.20. The number of carbonyl (C=O) groups is 2. The molecular weight excluding hydrogens is 440 g/mol. The average Bonchev–Trinajstić information content (AvgIpc) is 2.82. The number of amides is 3. The molecule has 0 unspecified atom stereocenters. The molecule has 4 rings (SSSR count). The van der Waals surface area contributed by atoms with Gasteiger partial charge in [0.05, 0.1) is 29.1 Å². The number of hydrogen-bond donors (Lipinski definition) is 2. The standard InChI is InChI=1S/C25H21ClN4O3/c1-2-33-19-7-5-6-16(14-19)23-15-21(20-8-3-4-9-22(20)28-23)24(31)29-30(25(27)32)18-12-10-17(26)11-13-18/h3-15H,2H2,1H3,(H2,27,32)(H,29,31). The molecule has 1 aromatic heterocycles. The third kappa shape index (κ3) is 4.88. The van der Waals surface area contributed by atoms with Crippen molar-refractivity contribution in [1.82, 2.24) is 10.4 Å². The number of benzene rings is 3. The smallest absolute Gasteiger partial charge is 0.338 e. The van der Waals surface area contributed by atoms with Gasteiger partial charge < -0.3 is 10.5 Å². The van der Waals surface area contributed by atoms with Crippen LogP contribution in [0.15, 0.2) is 78.9 Å². The van der Waals surface area contributed by atoms with Crippen molar-refractivity contribution < 1.29 is 14.3 Å². The summed E-state index contributed by atoms with van der Waals surface area (Å²) in [5, 5.41) is 2.11. The number of nitrogens with zero attached hydrogens (tertiary/aromatic N) is 2. The summed E-state index contributed by atoms with van der Waals surface area (Å²) in [6.45, 7) is 2.45. The Balaban J connectivity index is 1.76. The van der Waals surface area contributed by atoms with Gasteiger partial charge in [0.25, 0.3) is 5.91 Å². The Kier molecular flexibility index (Phi) is 6.42. The third-order valence-corrected chi connectivity index (χ3v) is 5.17. The van der Waals surface area contributed by atoms with Crippen LogP contribution in [-0.4, -0.2) is 23.5 Å². The van der Waals surface area contributed by atoms with Gasteiger partial charge in [-0.15, -0.1) is 0 Å². The first-order valence-electron chi connectivity index (χ1n) is 10.3. The minimum absolute atomic E-state index is 0.345. The van der Waals surface area contributed by atoms with Crippen LogP contribution in [0.25, 0.3) is 22.2 Å². The van der Waals surface area contributed by atoms with E-state index in [0.29, 0.717) is 45.2 Å². The number of hydrazine groups is 1. The predicted molar refractivity (Wildman–Crippen MR) is 129 cm³/mol. The average molecular weight is 461 g/mol. The molecule has 8 heteroatoms. The zero-order valence-electron chi connectivity index (χ0n) is 17.8. The first kappa shape index (κ1) is 22.1. The quantitative estimate of drug-likeness (QED) is 0.401. The lowest BCUT2D eigenvalue weighted by Crippen LogP contribution is -2.49. The zero-order chi connectivity index (χ0) is 23.4.